The molecule has 6 nitrogen and oxygen atoms in total. The highest BCUT2D eigenvalue weighted by Crippen LogP contribution is 2.21. The van der Waals surface area contributed by atoms with Crippen LogP contribution in [0.1, 0.15) is 16.7 Å². The van der Waals surface area contributed by atoms with Crippen molar-refractivity contribution in [3.63, 3.8) is 0 Å². The number of benzene rings is 3. The number of carbonyl (C=O) groups excluding carboxylic acids is 1. The minimum Gasteiger partial charge on any atom is -0.325 e. The number of carbonyl (C=O) groups is 1. The number of halogens is 1. The number of rotatable bonds is 8. The van der Waals surface area contributed by atoms with Gasteiger partial charge in [-0.15, -0.1) is 0 Å². The summed E-state index contributed by atoms with van der Waals surface area (Å²) in [7, 11) is -3.95. The molecule has 8 heteroatoms. The van der Waals surface area contributed by atoms with Gasteiger partial charge in [0.15, 0.2) is 0 Å². The smallest absolute Gasteiger partial charge is 0.243 e. The van der Waals surface area contributed by atoms with Crippen molar-refractivity contribution in [2.75, 3.05) is 11.9 Å². The van der Waals surface area contributed by atoms with E-state index in [0.717, 1.165) is 21.0 Å². The Bertz CT molecular complexity index is 1230. The van der Waals surface area contributed by atoms with E-state index in [2.05, 4.69) is 11.4 Å². The largest absolute Gasteiger partial charge is 0.325 e. The monoisotopic (exact) mass is 467 g/mol. The number of hydrogen-bond acceptors (Lipinski definition) is 4. The number of nitriles is 1. The first-order valence-corrected chi connectivity index (χ1v) is 11.7. The molecule has 0 aromatic heterocycles. The zero-order valence-corrected chi connectivity index (χ0v) is 19.0. The Morgan fingerprint density at radius 2 is 1.72 bits per heavy atom. The summed E-state index contributed by atoms with van der Waals surface area (Å²) in [4.78, 5) is 12.8. The molecule has 0 saturated carbocycles. The van der Waals surface area contributed by atoms with Crippen LogP contribution >= 0.6 is 11.6 Å². The summed E-state index contributed by atoms with van der Waals surface area (Å²) in [6, 6.07) is 22.2. The molecule has 32 heavy (non-hydrogen) atoms. The Morgan fingerprint density at radius 3 is 2.34 bits per heavy atom. The minimum atomic E-state index is -3.95. The lowest BCUT2D eigenvalue weighted by Gasteiger charge is -2.22. The second-order valence-corrected chi connectivity index (χ2v) is 9.67. The van der Waals surface area contributed by atoms with Gasteiger partial charge < -0.3 is 5.32 Å². The Morgan fingerprint density at radius 1 is 1.03 bits per heavy atom. The maximum absolute atomic E-state index is 13.3. The average Bonchev–Trinajstić information content (AvgIpc) is 2.75. The van der Waals surface area contributed by atoms with Gasteiger partial charge in [0.25, 0.3) is 0 Å². The highest BCUT2D eigenvalue weighted by molar-refractivity contribution is 7.89. The van der Waals surface area contributed by atoms with Crippen molar-refractivity contribution in [2.45, 2.75) is 24.8 Å². The predicted octanol–water partition coefficient (Wildman–Crippen LogP) is 4.54. The van der Waals surface area contributed by atoms with E-state index in [9.17, 15) is 13.2 Å². The van der Waals surface area contributed by atoms with Crippen LogP contribution in [-0.2, 0) is 27.8 Å². The van der Waals surface area contributed by atoms with E-state index in [-0.39, 0.29) is 24.4 Å². The molecule has 0 spiro atoms. The predicted molar refractivity (Wildman–Crippen MR) is 125 cm³/mol. The van der Waals surface area contributed by atoms with Gasteiger partial charge in [-0.3, -0.25) is 4.79 Å². The van der Waals surface area contributed by atoms with Crippen LogP contribution in [0.4, 0.5) is 5.69 Å². The van der Waals surface area contributed by atoms with E-state index < -0.39 is 15.9 Å². The fraction of sp³-hybridized carbons (Fsp3) is 0.167. The van der Waals surface area contributed by atoms with Crippen molar-refractivity contribution in [2.24, 2.45) is 0 Å². The quantitative estimate of drug-likeness (QED) is 0.526. The Balaban J connectivity index is 1.83. The van der Waals surface area contributed by atoms with E-state index in [4.69, 9.17) is 16.9 Å². The van der Waals surface area contributed by atoms with Crippen LogP contribution in [0.2, 0.25) is 5.02 Å². The molecule has 0 aliphatic heterocycles. The number of nitrogens with one attached hydrogen (secondary N) is 1. The standard InChI is InChI=1S/C24H22ClN3O3S/c1-18-3-2-4-20(15-18)16-28(32(30,31)23-11-7-21(25)8-12-23)17-24(29)27-22-9-5-19(6-10-22)13-14-26/h2-12,15H,13,16-17H2,1H3,(H,27,29). The molecule has 0 radical (unpaired) electrons. The maximum atomic E-state index is 13.3. The van der Waals surface area contributed by atoms with Gasteiger partial charge in [-0.25, -0.2) is 8.42 Å². The van der Waals surface area contributed by atoms with Crippen LogP contribution < -0.4 is 5.32 Å². The maximum Gasteiger partial charge on any atom is 0.243 e. The molecule has 0 unspecified atom stereocenters. The highest BCUT2D eigenvalue weighted by atomic mass is 35.5. The molecular formula is C24H22ClN3O3S. The molecule has 0 bridgehead atoms. The summed E-state index contributed by atoms with van der Waals surface area (Å²) >= 11 is 5.90. The van der Waals surface area contributed by atoms with Gasteiger partial charge in [0.2, 0.25) is 15.9 Å². The fourth-order valence-electron chi connectivity index (χ4n) is 3.15. The Labute approximate surface area is 193 Å². The van der Waals surface area contributed by atoms with Crippen molar-refractivity contribution in [1.29, 1.82) is 5.26 Å². The molecule has 0 atom stereocenters. The molecule has 0 aliphatic carbocycles. The molecule has 1 N–H and O–H groups in total. The number of anilines is 1. The molecule has 1 amide bonds. The third-order valence-corrected chi connectivity index (χ3v) is 6.79. The van der Waals surface area contributed by atoms with Gasteiger partial charge in [0.1, 0.15) is 0 Å². The van der Waals surface area contributed by atoms with Crippen molar-refractivity contribution in [3.05, 3.63) is 94.5 Å². The number of sulfonamides is 1. The van der Waals surface area contributed by atoms with Gasteiger partial charge in [-0.2, -0.15) is 9.57 Å². The number of hydrogen-bond donors (Lipinski definition) is 1. The molecule has 3 aromatic rings. The molecule has 3 aromatic carbocycles. The first-order valence-electron chi connectivity index (χ1n) is 9.85. The van der Waals surface area contributed by atoms with Crippen LogP contribution in [-0.4, -0.2) is 25.2 Å². The molecule has 0 saturated heterocycles. The molecule has 0 heterocycles. The highest BCUT2D eigenvalue weighted by Gasteiger charge is 2.27. The number of aryl methyl sites for hydroxylation is 1. The zero-order valence-electron chi connectivity index (χ0n) is 17.5. The summed E-state index contributed by atoms with van der Waals surface area (Å²) in [6.07, 6.45) is 0.276. The lowest BCUT2D eigenvalue weighted by Crippen LogP contribution is -2.37. The minimum absolute atomic E-state index is 0.0428. The Kier molecular flexibility index (Phi) is 7.65. The first kappa shape index (κ1) is 23.5. The van der Waals surface area contributed by atoms with Crippen molar-refractivity contribution in [1.82, 2.24) is 4.31 Å². The SMILES string of the molecule is Cc1cccc(CN(CC(=O)Nc2ccc(CC#N)cc2)S(=O)(=O)c2ccc(Cl)cc2)c1. The number of amides is 1. The van der Waals surface area contributed by atoms with E-state index in [1.807, 2.05) is 31.2 Å². The van der Waals surface area contributed by atoms with Crippen LogP contribution in [0.3, 0.4) is 0 Å². The van der Waals surface area contributed by atoms with Gasteiger partial charge in [-0.05, 0) is 54.4 Å². The normalized spacial score (nSPS) is 11.2. The summed E-state index contributed by atoms with van der Waals surface area (Å²) in [5.74, 6) is -0.469. The van der Waals surface area contributed by atoms with E-state index in [1.54, 1.807) is 24.3 Å². The summed E-state index contributed by atoms with van der Waals surface area (Å²) in [5.41, 5.74) is 3.12. The molecule has 164 valence electrons. The summed E-state index contributed by atoms with van der Waals surface area (Å²) in [5, 5.41) is 11.9. The van der Waals surface area contributed by atoms with Crippen LogP contribution in [0.5, 0.6) is 0 Å². The van der Waals surface area contributed by atoms with Crippen LogP contribution in [0.25, 0.3) is 0 Å². The van der Waals surface area contributed by atoms with Crippen molar-refractivity contribution < 1.29 is 13.2 Å². The van der Waals surface area contributed by atoms with E-state index in [1.165, 1.54) is 24.3 Å². The van der Waals surface area contributed by atoms with Crippen molar-refractivity contribution >= 4 is 33.2 Å². The Hall–Kier alpha value is -3.18. The molecule has 0 fully saturated rings. The van der Waals surface area contributed by atoms with Gasteiger partial charge >= 0.3 is 0 Å². The third-order valence-electron chi connectivity index (χ3n) is 4.73. The second-order valence-electron chi connectivity index (χ2n) is 7.30. The van der Waals surface area contributed by atoms with Crippen LogP contribution in [0, 0.1) is 18.3 Å². The summed E-state index contributed by atoms with van der Waals surface area (Å²) < 4.78 is 27.8. The van der Waals surface area contributed by atoms with Gasteiger partial charge in [-0.1, -0.05) is 53.6 Å². The zero-order chi connectivity index (χ0) is 23.1. The van der Waals surface area contributed by atoms with Gasteiger partial charge in [0, 0.05) is 17.3 Å². The third kappa shape index (κ3) is 6.17. The molecular weight excluding hydrogens is 446 g/mol. The van der Waals surface area contributed by atoms with E-state index >= 15 is 0 Å². The lowest BCUT2D eigenvalue weighted by molar-refractivity contribution is -0.116. The molecule has 3 rings (SSSR count). The van der Waals surface area contributed by atoms with E-state index in [0.29, 0.717) is 10.7 Å². The lowest BCUT2D eigenvalue weighted by atomic mass is 10.1. The second kappa shape index (κ2) is 10.4. The fourth-order valence-corrected chi connectivity index (χ4v) is 4.66. The van der Waals surface area contributed by atoms with Gasteiger partial charge in [0.05, 0.1) is 23.9 Å². The first-order chi connectivity index (χ1) is 15.3. The van der Waals surface area contributed by atoms with Crippen LogP contribution in [0.15, 0.2) is 77.7 Å². The topological polar surface area (TPSA) is 90.3 Å². The van der Waals surface area contributed by atoms with Crippen molar-refractivity contribution in [3.8, 4) is 6.07 Å². The summed E-state index contributed by atoms with van der Waals surface area (Å²) in [6.45, 7) is 1.60. The number of nitrogens with zero attached hydrogens (tertiary/aromatic N) is 2. The molecule has 0 aliphatic rings. The average molecular weight is 468 g/mol.